The van der Waals surface area contributed by atoms with Crippen molar-refractivity contribution in [2.75, 3.05) is 24.3 Å². The lowest BCUT2D eigenvalue weighted by Crippen LogP contribution is -2.13. The van der Waals surface area contributed by atoms with Gasteiger partial charge in [-0.1, -0.05) is 41.9 Å². The third-order valence-corrected chi connectivity index (χ3v) is 9.99. The highest BCUT2D eigenvalue weighted by atomic mass is 35.5. The monoisotopic (exact) mass is 692 g/mol. The molecule has 6 rings (SSSR count). The number of ether oxygens (including phenoxy) is 2. The molecule has 0 atom stereocenters. The molecule has 0 fully saturated rings. The molecule has 0 amide bonds. The summed E-state index contributed by atoms with van der Waals surface area (Å²) in [6, 6.07) is 22.5. The van der Waals surface area contributed by atoms with E-state index in [2.05, 4.69) is 20.3 Å². The molecule has 6 aromatic rings. The van der Waals surface area contributed by atoms with E-state index in [4.69, 9.17) is 21.1 Å². The maximum Gasteiger partial charge on any atom is 0.180 e. The Labute approximate surface area is 279 Å². The van der Waals surface area contributed by atoms with Crippen LogP contribution in [0.25, 0.3) is 22.2 Å². The number of halogens is 3. The van der Waals surface area contributed by atoms with E-state index in [0.29, 0.717) is 50.9 Å². The fourth-order valence-corrected chi connectivity index (χ4v) is 6.88. The van der Waals surface area contributed by atoms with Gasteiger partial charge in [-0.2, -0.15) is 0 Å². The molecule has 240 valence electrons. The number of nitrogens with zero attached hydrogens (tertiary/aromatic N) is 3. The van der Waals surface area contributed by atoms with Gasteiger partial charge in [0.25, 0.3) is 0 Å². The number of fused-ring (bicyclic) bond motifs is 1. The molecule has 4 aromatic carbocycles. The van der Waals surface area contributed by atoms with Crippen LogP contribution >= 0.6 is 22.9 Å². The summed E-state index contributed by atoms with van der Waals surface area (Å²) in [6.45, 7) is 0.483. The van der Waals surface area contributed by atoms with Crippen LogP contribution in [0.5, 0.6) is 5.75 Å². The molecule has 2 heterocycles. The average Bonchev–Trinajstić information content (AvgIpc) is 3.53. The van der Waals surface area contributed by atoms with Crippen molar-refractivity contribution in [1.29, 1.82) is 0 Å². The second-order valence-corrected chi connectivity index (χ2v) is 13.8. The van der Waals surface area contributed by atoms with Gasteiger partial charge < -0.3 is 14.8 Å². The molecular formula is C34H27ClF2N4O4S2. The van der Waals surface area contributed by atoms with Crippen LogP contribution < -0.4 is 10.1 Å². The zero-order valence-corrected chi connectivity index (χ0v) is 27.1. The Kier molecular flexibility index (Phi) is 10.0. The summed E-state index contributed by atoms with van der Waals surface area (Å²) in [6.07, 6.45) is 1.79. The van der Waals surface area contributed by atoms with Gasteiger partial charge in [0.05, 0.1) is 45.1 Å². The summed E-state index contributed by atoms with van der Waals surface area (Å²) < 4.78 is 64.9. The highest BCUT2D eigenvalue weighted by Crippen LogP contribution is 2.34. The molecule has 47 heavy (non-hydrogen) atoms. The number of sulfone groups is 1. The topological polar surface area (TPSA) is 103 Å². The van der Waals surface area contributed by atoms with Gasteiger partial charge in [0.2, 0.25) is 0 Å². The van der Waals surface area contributed by atoms with Gasteiger partial charge in [-0.05, 0) is 54.1 Å². The standard InChI is InChI=1S/C34H27ClF2N4O4S2/c35-28-16-24(9-10-32(28)45-19-22-5-4-6-23(36)15-22)40-34-27-17-26(29(37)18-30(27)38-21-39-34)31-20-46-33(41-31)11-12-44-13-14-47(42,43)25-7-2-1-3-8-25/h1-10,15-18,20-21H,11-14,19H2,(H,38,39,40). The smallest absolute Gasteiger partial charge is 0.180 e. The van der Waals surface area contributed by atoms with Crippen LogP contribution in [0.4, 0.5) is 20.3 Å². The lowest BCUT2D eigenvalue weighted by atomic mass is 10.1. The molecule has 0 saturated heterocycles. The molecule has 0 aliphatic rings. The zero-order valence-electron chi connectivity index (χ0n) is 24.7. The molecule has 0 aliphatic heterocycles. The number of anilines is 2. The molecule has 8 nitrogen and oxygen atoms in total. The normalized spacial score (nSPS) is 11.6. The second-order valence-electron chi connectivity index (χ2n) is 10.4. The van der Waals surface area contributed by atoms with Crippen molar-refractivity contribution in [2.24, 2.45) is 0 Å². The number of aromatic nitrogens is 3. The number of nitrogens with one attached hydrogen (secondary N) is 1. The summed E-state index contributed by atoms with van der Waals surface area (Å²) in [5, 5.41) is 6.62. The highest BCUT2D eigenvalue weighted by Gasteiger charge is 2.16. The Morgan fingerprint density at radius 3 is 2.57 bits per heavy atom. The molecule has 1 N–H and O–H groups in total. The van der Waals surface area contributed by atoms with Crippen molar-refractivity contribution in [2.45, 2.75) is 17.9 Å². The second kappa shape index (κ2) is 14.5. The van der Waals surface area contributed by atoms with Crippen LogP contribution in [0.3, 0.4) is 0 Å². The van der Waals surface area contributed by atoms with E-state index >= 15 is 4.39 Å². The lowest BCUT2D eigenvalue weighted by molar-refractivity contribution is 0.152. The number of hydrogen-bond donors (Lipinski definition) is 1. The predicted octanol–water partition coefficient (Wildman–Crippen LogP) is 8.04. The Hall–Kier alpha value is -4.49. The van der Waals surface area contributed by atoms with E-state index in [9.17, 15) is 12.8 Å². The minimum Gasteiger partial charge on any atom is -0.487 e. The first-order chi connectivity index (χ1) is 22.7. The highest BCUT2D eigenvalue weighted by molar-refractivity contribution is 7.91. The minimum atomic E-state index is -3.42. The van der Waals surface area contributed by atoms with Crippen LogP contribution in [0.15, 0.2) is 102 Å². The molecule has 0 unspecified atom stereocenters. The number of benzene rings is 4. The maximum absolute atomic E-state index is 15.2. The Bertz CT molecular complexity index is 2130. The summed E-state index contributed by atoms with van der Waals surface area (Å²) >= 11 is 7.84. The van der Waals surface area contributed by atoms with Gasteiger partial charge in [0.1, 0.15) is 36.1 Å². The quantitative estimate of drug-likeness (QED) is 0.121. The molecule has 0 bridgehead atoms. The van der Waals surface area contributed by atoms with Crippen LogP contribution in [-0.2, 0) is 27.6 Å². The Morgan fingerprint density at radius 2 is 1.77 bits per heavy atom. The fraction of sp³-hybridized carbons (Fsp3) is 0.147. The van der Waals surface area contributed by atoms with Gasteiger partial charge in [-0.25, -0.2) is 32.2 Å². The van der Waals surface area contributed by atoms with Crippen LogP contribution in [0.2, 0.25) is 5.02 Å². The Balaban J connectivity index is 1.10. The minimum absolute atomic E-state index is 0.0560. The number of hydrogen-bond acceptors (Lipinski definition) is 9. The fourth-order valence-electron chi connectivity index (χ4n) is 4.72. The third-order valence-electron chi connectivity index (χ3n) is 7.09. The third kappa shape index (κ3) is 8.09. The zero-order chi connectivity index (χ0) is 32.8. The van der Waals surface area contributed by atoms with E-state index in [-0.39, 0.29) is 41.8 Å². The van der Waals surface area contributed by atoms with E-state index in [1.807, 2.05) is 0 Å². The number of thiazole rings is 1. The van der Waals surface area contributed by atoms with Crippen molar-refractivity contribution in [1.82, 2.24) is 15.0 Å². The van der Waals surface area contributed by atoms with Crippen LogP contribution in [-0.4, -0.2) is 42.3 Å². The van der Waals surface area contributed by atoms with E-state index < -0.39 is 15.7 Å². The van der Waals surface area contributed by atoms with Gasteiger partial charge in [0.15, 0.2) is 9.84 Å². The first kappa shape index (κ1) is 32.5. The molecule has 2 aromatic heterocycles. The van der Waals surface area contributed by atoms with E-state index in [1.54, 1.807) is 72.1 Å². The van der Waals surface area contributed by atoms with Gasteiger partial charge in [0, 0.05) is 34.5 Å². The summed E-state index contributed by atoms with van der Waals surface area (Å²) in [5.74, 6) is -0.0788. The maximum atomic E-state index is 15.2. The van der Waals surface area contributed by atoms with E-state index in [1.165, 1.54) is 35.9 Å². The van der Waals surface area contributed by atoms with Gasteiger partial charge in [-0.3, -0.25) is 0 Å². The first-order valence-electron chi connectivity index (χ1n) is 14.4. The molecule has 0 spiro atoms. The van der Waals surface area contributed by atoms with E-state index in [0.717, 1.165) is 5.01 Å². The predicted molar refractivity (Wildman–Crippen MR) is 179 cm³/mol. The number of rotatable bonds is 13. The lowest BCUT2D eigenvalue weighted by Gasteiger charge is -2.12. The van der Waals surface area contributed by atoms with Gasteiger partial charge in [-0.15, -0.1) is 11.3 Å². The van der Waals surface area contributed by atoms with Crippen molar-refractivity contribution >= 4 is 55.2 Å². The van der Waals surface area contributed by atoms with Crippen molar-refractivity contribution in [3.05, 3.63) is 124 Å². The average molecular weight is 693 g/mol. The molecular weight excluding hydrogens is 666 g/mol. The molecule has 0 radical (unpaired) electrons. The van der Waals surface area contributed by atoms with Crippen molar-refractivity contribution < 1.29 is 26.7 Å². The molecule has 13 heteroatoms. The van der Waals surface area contributed by atoms with Crippen LogP contribution in [0, 0.1) is 11.6 Å². The summed E-state index contributed by atoms with van der Waals surface area (Å²) in [7, 11) is -3.42. The summed E-state index contributed by atoms with van der Waals surface area (Å²) in [4.78, 5) is 13.5. The Morgan fingerprint density at radius 1 is 0.915 bits per heavy atom. The van der Waals surface area contributed by atoms with Crippen LogP contribution in [0.1, 0.15) is 10.6 Å². The molecule has 0 aliphatic carbocycles. The molecule has 0 saturated carbocycles. The summed E-state index contributed by atoms with van der Waals surface area (Å²) in [5.41, 5.74) is 2.43. The van der Waals surface area contributed by atoms with Crippen molar-refractivity contribution in [3.63, 3.8) is 0 Å². The van der Waals surface area contributed by atoms with Gasteiger partial charge >= 0.3 is 0 Å². The van der Waals surface area contributed by atoms with Crippen molar-refractivity contribution in [3.8, 4) is 17.0 Å². The SMILES string of the molecule is O=S(=O)(CCOCCc1nc(-c2cc3c(Nc4ccc(OCc5cccc(F)c5)c(Cl)c4)ncnc3cc2F)cs1)c1ccccc1. The first-order valence-corrected chi connectivity index (χ1v) is 17.3. The largest absolute Gasteiger partial charge is 0.487 e.